The van der Waals surface area contributed by atoms with Crippen LogP contribution in [0.4, 0.5) is 0 Å². The van der Waals surface area contributed by atoms with Crippen molar-refractivity contribution in [1.29, 1.82) is 0 Å². The van der Waals surface area contributed by atoms with Crippen LogP contribution in [-0.2, 0) is 9.53 Å². The number of hydrogen-bond acceptors (Lipinski definition) is 2. The number of esters is 1. The van der Waals surface area contributed by atoms with Crippen LogP contribution < -0.4 is 0 Å². The summed E-state index contributed by atoms with van der Waals surface area (Å²) in [6.07, 6.45) is 7.67. The lowest BCUT2D eigenvalue weighted by atomic mass is 9.76. The molecule has 0 aromatic heterocycles. The van der Waals surface area contributed by atoms with E-state index in [1.807, 2.05) is 6.92 Å². The van der Waals surface area contributed by atoms with Crippen LogP contribution in [0, 0.1) is 29.6 Å². The number of carbonyl (C=O) groups is 1. The second-order valence-corrected chi connectivity index (χ2v) is 5.95. The first kappa shape index (κ1) is 10.6. The minimum Gasteiger partial charge on any atom is -0.465 e. The molecule has 0 aromatic carbocycles. The van der Waals surface area contributed by atoms with Crippen LogP contribution in [-0.4, -0.2) is 12.6 Å². The van der Waals surface area contributed by atoms with Gasteiger partial charge < -0.3 is 4.74 Å². The van der Waals surface area contributed by atoms with Crippen LogP contribution >= 0.6 is 0 Å². The third-order valence-electron chi connectivity index (χ3n) is 5.31. The van der Waals surface area contributed by atoms with Gasteiger partial charge in [-0.05, 0) is 55.3 Å². The molecule has 3 saturated carbocycles. The molecule has 90 valence electrons. The molecule has 5 atom stereocenters. The molecule has 0 heterocycles. The Labute approximate surface area is 97.7 Å². The van der Waals surface area contributed by atoms with Crippen LogP contribution in [0.1, 0.15) is 45.4 Å². The summed E-state index contributed by atoms with van der Waals surface area (Å²) >= 11 is 0. The molecule has 3 rings (SSSR count). The van der Waals surface area contributed by atoms with E-state index in [2.05, 4.69) is 0 Å². The number of fused-ring (bicyclic) bond motifs is 5. The van der Waals surface area contributed by atoms with Crippen LogP contribution in [0.3, 0.4) is 0 Å². The van der Waals surface area contributed by atoms with Gasteiger partial charge in [-0.2, -0.15) is 0 Å². The molecule has 0 spiro atoms. The zero-order chi connectivity index (χ0) is 11.1. The highest BCUT2D eigenvalue weighted by Crippen LogP contribution is 2.60. The lowest BCUT2D eigenvalue weighted by molar-refractivity contribution is -0.145. The van der Waals surface area contributed by atoms with Crippen LogP contribution in [0.2, 0.25) is 0 Å². The highest BCUT2D eigenvalue weighted by atomic mass is 16.5. The molecule has 2 bridgehead atoms. The first-order chi connectivity index (χ1) is 7.79. The van der Waals surface area contributed by atoms with Crippen molar-refractivity contribution in [1.82, 2.24) is 0 Å². The molecule has 2 nitrogen and oxygen atoms in total. The van der Waals surface area contributed by atoms with E-state index in [1.54, 1.807) is 0 Å². The van der Waals surface area contributed by atoms with Crippen molar-refractivity contribution >= 4 is 5.97 Å². The highest BCUT2D eigenvalue weighted by Gasteiger charge is 2.53. The standard InChI is InChI=1S/C14H22O2/c1-2-14(15)16-8-10-6-9-7-13(10)12-5-3-4-11(9)12/h9-13H,2-8H2,1H3. The molecule has 0 amide bonds. The van der Waals surface area contributed by atoms with Crippen molar-refractivity contribution in [2.24, 2.45) is 29.6 Å². The van der Waals surface area contributed by atoms with Crippen LogP contribution in [0.15, 0.2) is 0 Å². The fourth-order valence-corrected chi connectivity index (χ4v) is 4.70. The Morgan fingerprint density at radius 3 is 2.81 bits per heavy atom. The zero-order valence-corrected chi connectivity index (χ0v) is 10.2. The summed E-state index contributed by atoms with van der Waals surface area (Å²) in [6.45, 7) is 2.58. The number of hydrogen-bond donors (Lipinski definition) is 0. The molecule has 0 radical (unpaired) electrons. The first-order valence-corrected chi connectivity index (χ1v) is 6.95. The SMILES string of the molecule is CCC(=O)OCC1CC2CC1C1CCCC21. The zero-order valence-electron chi connectivity index (χ0n) is 10.2. The Kier molecular flexibility index (Phi) is 2.68. The molecular formula is C14H22O2. The Balaban J connectivity index is 1.57. The third-order valence-corrected chi connectivity index (χ3v) is 5.31. The summed E-state index contributed by atoms with van der Waals surface area (Å²) in [4.78, 5) is 11.2. The second-order valence-electron chi connectivity index (χ2n) is 5.95. The smallest absolute Gasteiger partial charge is 0.305 e. The molecule has 3 aliphatic carbocycles. The minimum atomic E-state index is -0.0225. The van der Waals surface area contributed by atoms with Crippen molar-refractivity contribution in [3.05, 3.63) is 0 Å². The van der Waals surface area contributed by atoms with Gasteiger partial charge >= 0.3 is 5.97 Å². The molecule has 2 heteroatoms. The minimum absolute atomic E-state index is 0.0225. The fraction of sp³-hybridized carbons (Fsp3) is 0.929. The summed E-state index contributed by atoms with van der Waals surface area (Å²) in [7, 11) is 0. The van der Waals surface area contributed by atoms with E-state index in [-0.39, 0.29) is 5.97 Å². The quantitative estimate of drug-likeness (QED) is 0.686. The monoisotopic (exact) mass is 222 g/mol. The van der Waals surface area contributed by atoms with E-state index in [4.69, 9.17) is 4.74 Å². The van der Waals surface area contributed by atoms with Crippen molar-refractivity contribution in [2.75, 3.05) is 6.61 Å². The molecule has 0 aliphatic heterocycles. The topological polar surface area (TPSA) is 26.3 Å². The van der Waals surface area contributed by atoms with Crippen molar-refractivity contribution < 1.29 is 9.53 Å². The summed E-state index contributed by atoms with van der Waals surface area (Å²) in [6, 6.07) is 0. The summed E-state index contributed by atoms with van der Waals surface area (Å²) < 4.78 is 5.34. The Bertz CT molecular complexity index is 286. The van der Waals surface area contributed by atoms with E-state index in [1.165, 1.54) is 32.1 Å². The van der Waals surface area contributed by atoms with Crippen molar-refractivity contribution in [3.63, 3.8) is 0 Å². The average molecular weight is 222 g/mol. The van der Waals surface area contributed by atoms with Crippen LogP contribution in [0.25, 0.3) is 0 Å². The van der Waals surface area contributed by atoms with Crippen molar-refractivity contribution in [2.45, 2.75) is 45.4 Å². The van der Waals surface area contributed by atoms with E-state index < -0.39 is 0 Å². The number of rotatable bonds is 3. The third kappa shape index (κ3) is 1.57. The summed E-state index contributed by atoms with van der Waals surface area (Å²) in [5.41, 5.74) is 0. The van der Waals surface area contributed by atoms with Gasteiger partial charge in [0.1, 0.15) is 0 Å². The predicted molar refractivity (Wildman–Crippen MR) is 61.8 cm³/mol. The second kappa shape index (κ2) is 4.05. The van der Waals surface area contributed by atoms with Crippen molar-refractivity contribution in [3.8, 4) is 0 Å². The predicted octanol–water partition coefficient (Wildman–Crippen LogP) is 3.01. The molecule has 0 N–H and O–H groups in total. The lowest BCUT2D eigenvalue weighted by Crippen LogP contribution is -2.28. The van der Waals surface area contributed by atoms with E-state index in [0.29, 0.717) is 18.9 Å². The number of carbonyl (C=O) groups excluding carboxylic acids is 1. The van der Waals surface area contributed by atoms with Gasteiger partial charge in [-0.3, -0.25) is 4.79 Å². The van der Waals surface area contributed by atoms with Gasteiger partial charge in [0.2, 0.25) is 0 Å². The molecular weight excluding hydrogens is 200 g/mol. The fourth-order valence-electron chi connectivity index (χ4n) is 4.70. The maximum Gasteiger partial charge on any atom is 0.305 e. The highest BCUT2D eigenvalue weighted by molar-refractivity contribution is 5.68. The molecule has 5 unspecified atom stereocenters. The first-order valence-electron chi connectivity index (χ1n) is 6.95. The molecule has 16 heavy (non-hydrogen) atoms. The van der Waals surface area contributed by atoms with Gasteiger partial charge in [-0.15, -0.1) is 0 Å². The lowest BCUT2D eigenvalue weighted by Gasteiger charge is -2.31. The average Bonchev–Trinajstić information content (AvgIpc) is 2.96. The van der Waals surface area contributed by atoms with Gasteiger partial charge in [0.15, 0.2) is 0 Å². The largest absolute Gasteiger partial charge is 0.465 e. The normalized spacial score (nSPS) is 44.7. The van der Waals surface area contributed by atoms with E-state index in [9.17, 15) is 4.79 Å². The van der Waals surface area contributed by atoms with Gasteiger partial charge in [0.05, 0.1) is 6.61 Å². The summed E-state index contributed by atoms with van der Waals surface area (Å²) in [5, 5.41) is 0. The molecule has 0 saturated heterocycles. The Hall–Kier alpha value is -0.530. The number of ether oxygens (including phenoxy) is 1. The van der Waals surface area contributed by atoms with Gasteiger partial charge in [0, 0.05) is 6.42 Å². The van der Waals surface area contributed by atoms with Gasteiger partial charge in [-0.1, -0.05) is 13.3 Å². The maximum absolute atomic E-state index is 11.2. The van der Waals surface area contributed by atoms with Gasteiger partial charge in [0.25, 0.3) is 0 Å². The maximum atomic E-state index is 11.2. The molecule has 3 aliphatic rings. The van der Waals surface area contributed by atoms with Crippen LogP contribution in [0.5, 0.6) is 0 Å². The molecule has 0 aromatic rings. The van der Waals surface area contributed by atoms with E-state index in [0.717, 1.165) is 23.7 Å². The van der Waals surface area contributed by atoms with E-state index >= 15 is 0 Å². The Morgan fingerprint density at radius 1 is 1.19 bits per heavy atom. The summed E-state index contributed by atoms with van der Waals surface area (Å²) in [5.74, 6) is 4.57. The Morgan fingerprint density at radius 2 is 2.00 bits per heavy atom. The van der Waals surface area contributed by atoms with Gasteiger partial charge in [-0.25, -0.2) is 0 Å². The molecule has 3 fully saturated rings.